The fourth-order valence-corrected chi connectivity index (χ4v) is 8.41. The molecule has 1 spiro atoms. The van der Waals surface area contributed by atoms with Crippen LogP contribution in [0.25, 0.3) is 0 Å². The van der Waals surface area contributed by atoms with Crippen LogP contribution in [0.2, 0.25) is 5.02 Å². The van der Waals surface area contributed by atoms with E-state index in [1.54, 1.807) is 26.6 Å². The second-order valence-electron chi connectivity index (χ2n) is 12.7. The summed E-state index contributed by atoms with van der Waals surface area (Å²) in [7, 11) is 3.51. The maximum atomic E-state index is 13.2. The number of anilines is 5. The second-order valence-corrected chi connectivity index (χ2v) is 16.3. The number of rotatable bonds is 8. The van der Waals surface area contributed by atoms with E-state index in [0.29, 0.717) is 22.2 Å². The summed E-state index contributed by atoms with van der Waals surface area (Å²) in [5.74, 6) is 1.55. The van der Waals surface area contributed by atoms with Crippen LogP contribution < -0.4 is 25.6 Å². The van der Waals surface area contributed by atoms with E-state index in [9.17, 15) is 4.57 Å². The van der Waals surface area contributed by atoms with Gasteiger partial charge in [-0.05, 0) is 108 Å². The monoisotopic (exact) mass is 610 g/mol. The van der Waals surface area contributed by atoms with E-state index in [0.717, 1.165) is 52.7 Å². The third-order valence-electron chi connectivity index (χ3n) is 9.23. The number of ether oxygens (including phenoxy) is 1. The van der Waals surface area contributed by atoms with Gasteiger partial charge < -0.3 is 29.7 Å². The Kier molecular flexibility index (Phi) is 8.54. The molecule has 42 heavy (non-hydrogen) atoms. The molecule has 0 radical (unpaired) electrons. The van der Waals surface area contributed by atoms with Gasteiger partial charge in [0.05, 0.1) is 24.7 Å². The first-order valence-electron chi connectivity index (χ1n) is 14.6. The van der Waals surface area contributed by atoms with Gasteiger partial charge in [0.25, 0.3) is 0 Å². The lowest BCUT2D eigenvalue weighted by Gasteiger charge is -2.54. The highest BCUT2D eigenvalue weighted by Crippen LogP contribution is 2.51. The van der Waals surface area contributed by atoms with Crippen LogP contribution in [0.3, 0.4) is 0 Å². The van der Waals surface area contributed by atoms with Gasteiger partial charge in [-0.3, -0.25) is 0 Å². The van der Waals surface area contributed by atoms with E-state index >= 15 is 0 Å². The van der Waals surface area contributed by atoms with E-state index in [-0.39, 0.29) is 0 Å². The van der Waals surface area contributed by atoms with Gasteiger partial charge in [0.15, 0.2) is 5.82 Å². The van der Waals surface area contributed by atoms with Crippen LogP contribution >= 0.6 is 18.7 Å². The molecule has 0 amide bonds. The van der Waals surface area contributed by atoms with Crippen molar-refractivity contribution in [2.45, 2.75) is 52.5 Å². The zero-order chi connectivity index (χ0) is 30.4. The normalized spacial score (nSPS) is 17.0. The maximum absolute atomic E-state index is 13.2. The number of aromatic nitrogens is 2. The number of hydrogen-bond donors (Lipinski definition) is 2. The molecule has 0 bridgehead atoms. The molecule has 2 heterocycles. The van der Waals surface area contributed by atoms with Gasteiger partial charge in [0.2, 0.25) is 5.95 Å². The number of methoxy groups -OCH3 is 1. The Morgan fingerprint density at radius 2 is 1.74 bits per heavy atom. The highest BCUT2D eigenvalue weighted by atomic mass is 35.5. The average Bonchev–Trinajstić information content (AvgIpc) is 2.91. The molecular weight excluding hydrogens is 567 g/mol. The van der Waals surface area contributed by atoms with Gasteiger partial charge >= 0.3 is 0 Å². The molecule has 1 saturated carbocycles. The second kappa shape index (κ2) is 11.7. The summed E-state index contributed by atoms with van der Waals surface area (Å²) in [6, 6.07) is 8.89. The van der Waals surface area contributed by atoms with Crippen molar-refractivity contribution >= 4 is 52.9 Å². The van der Waals surface area contributed by atoms with Crippen LogP contribution in [0.4, 0.5) is 28.8 Å². The van der Waals surface area contributed by atoms with Crippen LogP contribution in [-0.2, 0) is 4.57 Å². The molecule has 1 aliphatic heterocycles. The summed E-state index contributed by atoms with van der Waals surface area (Å²) in [6.07, 6.45) is 6.67. The van der Waals surface area contributed by atoms with Crippen molar-refractivity contribution in [3.63, 3.8) is 0 Å². The summed E-state index contributed by atoms with van der Waals surface area (Å²) < 4.78 is 19.0. The molecule has 226 valence electrons. The highest BCUT2D eigenvalue weighted by molar-refractivity contribution is 7.70. The lowest BCUT2D eigenvalue weighted by molar-refractivity contribution is 0.00488. The van der Waals surface area contributed by atoms with Crippen molar-refractivity contribution in [1.29, 1.82) is 0 Å². The van der Waals surface area contributed by atoms with E-state index in [1.165, 1.54) is 36.9 Å². The third kappa shape index (κ3) is 6.13. The Morgan fingerprint density at radius 3 is 2.36 bits per heavy atom. The fraction of sp³-hybridized carbons (Fsp3) is 0.500. The first-order chi connectivity index (χ1) is 19.8. The third-order valence-corrected chi connectivity index (χ3v) is 11.2. The zero-order valence-corrected chi connectivity index (χ0v) is 27.8. The van der Waals surface area contributed by atoms with Crippen LogP contribution in [0.15, 0.2) is 30.5 Å². The predicted molar refractivity (Wildman–Crippen MR) is 177 cm³/mol. The van der Waals surface area contributed by atoms with Crippen LogP contribution in [0, 0.1) is 26.2 Å². The zero-order valence-electron chi connectivity index (χ0n) is 26.1. The summed E-state index contributed by atoms with van der Waals surface area (Å²) in [5.41, 5.74) is 6.51. The van der Waals surface area contributed by atoms with Gasteiger partial charge in [0.1, 0.15) is 17.9 Å². The van der Waals surface area contributed by atoms with Crippen LogP contribution in [0.1, 0.15) is 42.4 Å². The number of hydrogen-bond acceptors (Lipinski definition) is 8. The van der Waals surface area contributed by atoms with E-state index in [2.05, 4.69) is 63.6 Å². The van der Waals surface area contributed by atoms with Crippen molar-refractivity contribution in [3.05, 3.63) is 52.2 Å². The number of benzene rings is 2. The number of halogens is 1. The molecule has 0 unspecified atom stereocenters. The molecule has 8 nitrogen and oxygen atoms in total. The summed E-state index contributed by atoms with van der Waals surface area (Å²) in [6.45, 7) is 11.9. The van der Waals surface area contributed by atoms with E-state index in [4.69, 9.17) is 16.3 Å². The number of piperidine rings is 1. The minimum absolute atomic E-state index is 0.372. The number of nitrogens with zero attached hydrogens (tertiary/aromatic N) is 4. The standard InChI is InChI=1S/C32H44ClN6O2P/c1-20-9-10-25(29(22(20)3)42(7,8)40)35-30-24(33)19-34-31(37-30)36-26-15-21(2)27(16-28(26)41-6)39-13-11-32(12-14-39)17-23(18-32)38(4)5/h9-10,15-16,19,23H,11-14,17-18H2,1-8H3,(H2,34,35,36,37). The topological polar surface area (TPSA) is 82.6 Å². The Bertz CT molecular complexity index is 1520. The average molecular weight is 611 g/mol. The minimum Gasteiger partial charge on any atom is -0.494 e. The molecule has 3 aromatic rings. The lowest BCUT2D eigenvalue weighted by atomic mass is 9.60. The number of aryl methyl sites for hydroxylation is 2. The van der Waals surface area contributed by atoms with Crippen molar-refractivity contribution in [1.82, 2.24) is 14.9 Å². The molecule has 5 rings (SSSR count). The molecule has 2 aliphatic rings. The van der Waals surface area contributed by atoms with Crippen molar-refractivity contribution in [3.8, 4) is 5.75 Å². The first-order valence-corrected chi connectivity index (χ1v) is 17.6. The molecule has 10 heteroatoms. The first kappa shape index (κ1) is 30.7. The highest BCUT2D eigenvalue weighted by Gasteiger charge is 2.46. The molecule has 1 saturated heterocycles. The SMILES string of the molecule is COc1cc(N2CCC3(CC2)CC(N(C)C)C3)c(C)cc1Nc1ncc(Cl)c(Nc2ccc(C)c(C)c2P(C)(C)=O)n1. The van der Waals surface area contributed by atoms with Gasteiger partial charge in [-0.15, -0.1) is 0 Å². The van der Waals surface area contributed by atoms with Gasteiger partial charge in [-0.2, -0.15) is 4.98 Å². The molecule has 2 N–H and O–H groups in total. The summed E-state index contributed by atoms with van der Waals surface area (Å²) in [5, 5.41) is 7.83. The number of nitrogens with one attached hydrogen (secondary N) is 2. The Labute approximate surface area is 255 Å². The fourth-order valence-electron chi connectivity index (χ4n) is 6.58. The van der Waals surface area contributed by atoms with Gasteiger partial charge in [0, 0.05) is 36.2 Å². The van der Waals surface area contributed by atoms with E-state index in [1.807, 2.05) is 26.0 Å². The Balaban J connectivity index is 1.35. The van der Waals surface area contributed by atoms with Gasteiger partial charge in [-0.25, -0.2) is 4.98 Å². The predicted octanol–water partition coefficient (Wildman–Crippen LogP) is 7.11. The van der Waals surface area contributed by atoms with Crippen molar-refractivity contribution in [2.24, 2.45) is 5.41 Å². The van der Waals surface area contributed by atoms with Gasteiger partial charge in [-0.1, -0.05) is 17.7 Å². The molecule has 2 aromatic carbocycles. The van der Waals surface area contributed by atoms with Crippen molar-refractivity contribution in [2.75, 3.05) is 63.2 Å². The van der Waals surface area contributed by atoms with Crippen LogP contribution in [0.5, 0.6) is 5.75 Å². The molecule has 2 fully saturated rings. The molecular formula is C32H44ClN6O2P. The molecule has 0 atom stereocenters. The maximum Gasteiger partial charge on any atom is 0.229 e. The molecule has 1 aliphatic carbocycles. The Hall–Kier alpha value is -2.80. The quantitative estimate of drug-likeness (QED) is 0.261. The van der Waals surface area contributed by atoms with Crippen LogP contribution in [-0.4, -0.2) is 68.5 Å². The lowest BCUT2D eigenvalue weighted by Crippen LogP contribution is -2.53. The molecule has 1 aromatic heterocycles. The minimum atomic E-state index is -2.57. The Morgan fingerprint density at radius 1 is 1.05 bits per heavy atom. The summed E-state index contributed by atoms with van der Waals surface area (Å²) >= 11 is 6.52. The summed E-state index contributed by atoms with van der Waals surface area (Å²) in [4.78, 5) is 14.0. The van der Waals surface area contributed by atoms with Crippen molar-refractivity contribution < 1.29 is 9.30 Å². The smallest absolute Gasteiger partial charge is 0.229 e. The van der Waals surface area contributed by atoms with E-state index < -0.39 is 7.14 Å². The largest absolute Gasteiger partial charge is 0.494 e.